The van der Waals surface area contributed by atoms with Gasteiger partial charge >= 0.3 is 5.97 Å². The van der Waals surface area contributed by atoms with Crippen LogP contribution in [0.2, 0.25) is 15.1 Å². The molecule has 204 valence electrons. The van der Waals surface area contributed by atoms with Crippen molar-refractivity contribution in [3.05, 3.63) is 109 Å². The Labute approximate surface area is 246 Å². The largest absolute Gasteiger partial charge is 0.512 e. The first-order chi connectivity index (χ1) is 19.1. The summed E-state index contributed by atoms with van der Waals surface area (Å²) in [5.74, 6) is -0.743. The maximum atomic E-state index is 11.5. The second-order valence-corrected chi connectivity index (χ2v) is 11.5. The van der Waals surface area contributed by atoms with Gasteiger partial charge in [0.05, 0.1) is 38.4 Å². The van der Waals surface area contributed by atoms with Gasteiger partial charge in [-0.15, -0.1) is 0 Å². The molecule has 0 saturated heterocycles. The zero-order valence-electron chi connectivity index (χ0n) is 21.5. The van der Waals surface area contributed by atoms with E-state index in [-0.39, 0.29) is 35.5 Å². The lowest BCUT2D eigenvalue weighted by Crippen LogP contribution is -2.16. The van der Waals surface area contributed by atoms with Crippen molar-refractivity contribution in [1.82, 2.24) is 0 Å². The van der Waals surface area contributed by atoms with Gasteiger partial charge in [-0.05, 0) is 79.3 Å². The van der Waals surface area contributed by atoms with E-state index in [4.69, 9.17) is 44.9 Å². The fourth-order valence-corrected chi connectivity index (χ4v) is 6.06. The summed E-state index contributed by atoms with van der Waals surface area (Å²) in [4.78, 5) is 11.5. The molecule has 0 heterocycles. The molecule has 3 aromatic rings. The molecule has 2 aliphatic rings. The van der Waals surface area contributed by atoms with Crippen molar-refractivity contribution < 1.29 is 19.7 Å². The number of ether oxygens (including phenoxy) is 1. The topological polar surface area (TPSA) is 114 Å². The first-order valence-corrected chi connectivity index (χ1v) is 13.8. The van der Waals surface area contributed by atoms with Crippen LogP contribution in [0.25, 0.3) is 0 Å². The monoisotopic (exact) mass is 594 g/mol. The van der Waals surface area contributed by atoms with Crippen LogP contribution in [0.4, 0.5) is 0 Å². The molecule has 0 bridgehead atoms. The Balaban J connectivity index is 1.39. The lowest BCUT2D eigenvalue weighted by molar-refractivity contribution is 0.0696. The number of nitrogens with one attached hydrogen (secondary N) is 1. The number of halogens is 3. The second-order valence-electron chi connectivity index (χ2n) is 10.3. The normalized spacial score (nSPS) is 20.3. The van der Waals surface area contributed by atoms with Crippen LogP contribution >= 0.6 is 34.8 Å². The van der Waals surface area contributed by atoms with E-state index in [1.54, 1.807) is 54.6 Å². The Morgan fingerprint density at radius 2 is 1.77 bits per heavy atom. The van der Waals surface area contributed by atoms with Gasteiger partial charge in [-0.3, -0.25) is 5.41 Å². The Bertz CT molecular complexity index is 1600. The maximum Gasteiger partial charge on any atom is 0.335 e. The van der Waals surface area contributed by atoms with Crippen LogP contribution in [0.3, 0.4) is 0 Å². The van der Waals surface area contributed by atoms with E-state index >= 15 is 0 Å². The average Bonchev–Trinajstić information content (AvgIpc) is 3.84. The zero-order chi connectivity index (χ0) is 28.8. The molecule has 5 rings (SSSR count). The predicted octanol–water partition coefficient (Wildman–Crippen LogP) is 8.27. The predicted molar refractivity (Wildman–Crippen MR) is 155 cm³/mol. The lowest BCUT2D eigenvalue weighted by Gasteiger charge is -2.17. The fourth-order valence-electron chi connectivity index (χ4n) is 5.14. The molecule has 2 fully saturated rings. The Morgan fingerprint density at radius 3 is 2.38 bits per heavy atom. The number of carboxylic acids is 1. The summed E-state index contributed by atoms with van der Waals surface area (Å²) < 4.78 is 5.99. The molecule has 0 spiro atoms. The highest BCUT2D eigenvalue weighted by atomic mass is 35.5. The first-order valence-electron chi connectivity index (χ1n) is 12.7. The molecule has 2 unspecified atom stereocenters. The molecule has 2 saturated carbocycles. The molecule has 9 heteroatoms. The summed E-state index contributed by atoms with van der Waals surface area (Å²) in [7, 11) is 0. The molecule has 3 N–H and O–H groups in total. The standard InChI is InChI=1S/C31H25Cl3N2O4/c1-16-5-6-18(30(38)39)11-20(16)23-13-31(23,15-35)22-10-9-19(12-26(22)34)40-14-21(29(37)17-7-8-17)28(36)27-24(32)3-2-4-25(27)33/h2-6,9-12,17,23,36-37H,7-8,13-14H2,1H3,(H,38,39)/b29-21-,36-28?. The third-order valence-corrected chi connectivity index (χ3v) is 8.60. The van der Waals surface area contributed by atoms with Crippen molar-refractivity contribution >= 4 is 46.5 Å². The first kappa shape index (κ1) is 28.0. The summed E-state index contributed by atoms with van der Waals surface area (Å²) in [6.07, 6.45) is 2.17. The maximum absolute atomic E-state index is 11.5. The number of allylic oxidation sites excluding steroid dienone is 1. The molecule has 6 nitrogen and oxygen atoms in total. The number of carboxylic acid groups (broad SMARTS) is 1. The highest BCUT2D eigenvalue weighted by Crippen LogP contribution is 2.62. The summed E-state index contributed by atoms with van der Waals surface area (Å²) >= 11 is 19.3. The zero-order valence-corrected chi connectivity index (χ0v) is 23.7. The quantitative estimate of drug-likeness (QED) is 0.170. The van der Waals surface area contributed by atoms with Crippen LogP contribution in [-0.2, 0) is 5.41 Å². The molecule has 0 radical (unpaired) electrons. The van der Waals surface area contributed by atoms with Crippen LogP contribution in [0.15, 0.2) is 65.9 Å². The average molecular weight is 596 g/mol. The number of aliphatic hydroxyl groups excluding tert-OH is 1. The summed E-state index contributed by atoms with van der Waals surface area (Å²) in [6, 6.07) is 17.4. The number of carbonyl (C=O) groups is 1. The third-order valence-electron chi connectivity index (χ3n) is 7.65. The number of aryl methyl sites for hydroxylation is 1. The number of hydrogen-bond acceptors (Lipinski definition) is 5. The summed E-state index contributed by atoms with van der Waals surface area (Å²) in [5, 5.41) is 40.2. The van der Waals surface area contributed by atoms with Crippen LogP contribution in [-0.4, -0.2) is 28.5 Å². The smallest absolute Gasteiger partial charge is 0.335 e. The van der Waals surface area contributed by atoms with E-state index in [0.29, 0.717) is 43.9 Å². The highest BCUT2D eigenvalue weighted by Gasteiger charge is 2.58. The minimum Gasteiger partial charge on any atom is -0.512 e. The van der Waals surface area contributed by atoms with E-state index in [1.165, 1.54) is 0 Å². The van der Waals surface area contributed by atoms with Gasteiger partial charge in [-0.25, -0.2) is 4.79 Å². The number of nitriles is 1. The molecule has 0 amide bonds. The second kappa shape index (κ2) is 10.8. The fraction of sp³-hybridized carbons (Fsp3) is 0.258. The van der Waals surface area contributed by atoms with E-state index < -0.39 is 11.4 Å². The molecular weight excluding hydrogens is 571 g/mol. The van der Waals surface area contributed by atoms with Gasteiger partial charge in [0.15, 0.2) is 0 Å². The Morgan fingerprint density at radius 1 is 1.07 bits per heavy atom. The van der Waals surface area contributed by atoms with Gasteiger partial charge in [-0.1, -0.05) is 53.0 Å². The van der Waals surface area contributed by atoms with Crippen molar-refractivity contribution in [2.75, 3.05) is 6.61 Å². The van der Waals surface area contributed by atoms with Gasteiger partial charge in [-0.2, -0.15) is 5.26 Å². The van der Waals surface area contributed by atoms with Crippen molar-refractivity contribution in [3.8, 4) is 11.8 Å². The number of nitrogens with zero attached hydrogens (tertiary/aromatic N) is 1. The Hall–Kier alpha value is -3.50. The van der Waals surface area contributed by atoms with E-state index in [1.807, 2.05) is 6.92 Å². The van der Waals surface area contributed by atoms with Gasteiger partial charge < -0.3 is 14.9 Å². The molecule has 2 aliphatic carbocycles. The third kappa shape index (κ3) is 5.17. The molecule has 0 aromatic heterocycles. The van der Waals surface area contributed by atoms with Gasteiger partial charge in [0, 0.05) is 22.4 Å². The number of benzene rings is 3. The number of aromatic carboxylic acids is 1. The SMILES string of the molecule is Cc1ccc(C(=O)O)cc1C1CC1(C#N)c1ccc(OC/C(C(=N)c2c(Cl)cccc2Cl)=C(/O)C2CC2)cc1Cl. The van der Waals surface area contributed by atoms with E-state index in [0.717, 1.165) is 24.0 Å². The van der Waals surface area contributed by atoms with E-state index in [9.17, 15) is 20.3 Å². The van der Waals surface area contributed by atoms with Gasteiger partial charge in [0.2, 0.25) is 0 Å². The van der Waals surface area contributed by atoms with Gasteiger partial charge in [0.25, 0.3) is 0 Å². The molecule has 0 aliphatic heterocycles. The highest BCUT2D eigenvalue weighted by molar-refractivity contribution is 6.41. The van der Waals surface area contributed by atoms with Crippen molar-refractivity contribution in [2.24, 2.45) is 5.92 Å². The van der Waals surface area contributed by atoms with Crippen LogP contribution in [0.5, 0.6) is 5.75 Å². The summed E-state index contributed by atoms with van der Waals surface area (Å²) in [5.41, 5.74) is 2.28. The van der Waals surface area contributed by atoms with Crippen molar-refractivity contribution in [2.45, 2.75) is 37.5 Å². The lowest BCUT2D eigenvalue weighted by atomic mass is 9.90. The van der Waals surface area contributed by atoms with E-state index in [2.05, 4.69) is 6.07 Å². The van der Waals surface area contributed by atoms with Crippen LogP contribution in [0.1, 0.15) is 57.8 Å². The molecule has 3 aromatic carbocycles. The van der Waals surface area contributed by atoms with Crippen molar-refractivity contribution in [3.63, 3.8) is 0 Å². The number of hydrogen-bond donors (Lipinski definition) is 3. The minimum absolute atomic E-state index is 0.00839. The minimum atomic E-state index is -1.02. The molecule has 40 heavy (non-hydrogen) atoms. The molecule has 2 atom stereocenters. The Kier molecular flexibility index (Phi) is 7.58. The molecular formula is C31H25Cl3N2O4. The van der Waals surface area contributed by atoms with Crippen LogP contribution in [0, 0.1) is 29.6 Å². The number of aliphatic hydroxyl groups is 1. The van der Waals surface area contributed by atoms with Gasteiger partial charge in [0.1, 0.15) is 18.1 Å². The van der Waals surface area contributed by atoms with Crippen molar-refractivity contribution in [1.29, 1.82) is 10.7 Å². The number of rotatable bonds is 9. The van der Waals surface area contributed by atoms with Crippen LogP contribution < -0.4 is 4.74 Å². The summed E-state index contributed by atoms with van der Waals surface area (Å²) in [6.45, 7) is 1.79.